The normalized spacial score (nSPS) is 20.0. The number of carbonyl (C=O) groups excluding carboxylic acids is 8. The first kappa shape index (κ1) is 46.8. The predicted molar refractivity (Wildman–Crippen MR) is 194 cm³/mol. The van der Waals surface area contributed by atoms with E-state index in [1.807, 2.05) is 20.8 Å². The van der Waals surface area contributed by atoms with E-state index in [9.17, 15) is 43.2 Å². The van der Waals surface area contributed by atoms with Gasteiger partial charge in [-0.15, -0.1) is 0 Å². The number of carboxylic acids is 1. The van der Waals surface area contributed by atoms with Crippen LogP contribution in [0.15, 0.2) is 0 Å². The van der Waals surface area contributed by atoms with Crippen LogP contribution >= 0.6 is 0 Å². The minimum atomic E-state index is -1.03. The number of aliphatic carboxylic acids is 1. The number of hydrogen-bond donors (Lipinski definition) is 5. The summed E-state index contributed by atoms with van der Waals surface area (Å²) in [7, 11) is 0. The molecule has 53 heavy (non-hydrogen) atoms. The van der Waals surface area contributed by atoms with E-state index in [-0.39, 0.29) is 13.1 Å². The summed E-state index contributed by atoms with van der Waals surface area (Å²) in [6.07, 6.45) is 4.51. The van der Waals surface area contributed by atoms with Crippen molar-refractivity contribution in [2.45, 2.75) is 138 Å². The van der Waals surface area contributed by atoms with E-state index in [0.717, 1.165) is 0 Å². The van der Waals surface area contributed by atoms with E-state index in [1.54, 1.807) is 41.5 Å². The van der Waals surface area contributed by atoms with E-state index < -0.39 is 87.2 Å². The van der Waals surface area contributed by atoms with Gasteiger partial charge in [-0.25, -0.2) is 4.79 Å². The molecule has 3 aliphatic rings. The van der Waals surface area contributed by atoms with Crippen LogP contribution in [0.2, 0.25) is 0 Å². The third kappa shape index (κ3) is 11.4. The van der Waals surface area contributed by atoms with Gasteiger partial charge >= 0.3 is 5.97 Å². The van der Waals surface area contributed by atoms with Gasteiger partial charge in [-0.05, 0) is 57.8 Å². The zero-order chi connectivity index (χ0) is 41.1. The van der Waals surface area contributed by atoms with Crippen molar-refractivity contribution in [3.05, 3.63) is 0 Å². The Morgan fingerprint density at radius 3 is 1.02 bits per heavy atom. The molecule has 0 aromatic heterocycles. The van der Waals surface area contributed by atoms with Gasteiger partial charge in [-0.3, -0.25) is 60.9 Å². The number of carbonyl (C=O) groups is 9. The van der Waals surface area contributed by atoms with Gasteiger partial charge in [-0.1, -0.05) is 62.3 Å². The molecular formula is C36H61N7O10. The number of hydrazine groups is 2. The van der Waals surface area contributed by atoms with Crippen LogP contribution in [0.3, 0.4) is 0 Å². The molecular weight excluding hydrogens is 690 g/mol. The highest BCUT2D eigenvalue weighted by Gasteiger charge is 2.44. The lowest BCUT2D eigenvalue weighted by Gasteiger charge is -2.29. The molecule has 3 heterocycles. The Morgan fingerprint density at radius 1 is 0.528 bits per heavy atom. The molecule has 0 spiro atoms. The molecule has 7 N–H and O–H groups in total. The van der Waals surface area contributed by atoms with Gasteiger partial charge in [0.05, 0.1) is 0 Å². The maximum atomic E-state index is 12.7. The molecule has 1 unspecified atom stereocenters. The summed E-state index contributed by atoms with van der Waals surface area (Å²) in [5.41, 5.74) is 2.32. The first-order chi connectivity index (χ1) is 24.6. The third-order valence-electron chi connectivity index (χ3n) is 10.8. The van der Waals surface area contributed by atoms with Crippen LogP contribution in [0.1, 0.15) is 120 Å². The Kier molecular flexibility index (Phi) is 17.4. The van der Waals surface area contributed by atoms with Crippen molar-refractivity contribution in [1.29, 1.82) is 0 Å². The minimum Gasteiger partial charge on any atom is -0.480 e. The standard InChI is InChI=1S/C24H38N4O6.C12H19NO4.H4N2/c1-7-23(3,4)17(29)21(33)27-13-9-11-15(27)19(31)25-26-20(32)16-12-10-14-28(16)22(34)18(30)24(5,6)8-2;1-4-12(2,3)9(14)10(15)13-7-5-6-8(13)11(16)17;1-2/h15-16H,7-14H2,1-6H3,(H,25,31)(H,26,32);8H,4-7H2,1-3H3,(H,16,17);1-2H2/t15-,16?;8-;/m00./s1. The highest BCUT2D eigenvalue weighted by molar-refractivity contribution is 6.39. The molecule has 0 saturated carbocycles. The Morgan fingerprint density at radius 2 is 0.774 bits per heavy atom. The lowest BCUT2D eigenvalue weighted by Crippen LogP contribution is -2.57. The molecule has 0 aromatic carbocycles. The maximum absolute atomic E-state index is 12.7. The van der Waals surface area contributed by atoms with Crippen molar-refractivity contribution in [3.8, 4) is 0 Å². The van der Waals surface area contributed by atoms with Crippen LogP contribution in [0.4, 0.5) is 0 Å². The second-order valence-corrected chi connectivity index (χ2v) is 15.5. The number of nitrogens with two attached hydrogens (primary N) is 2. The fraction of sp³-hybridized carbons (Fsp3) is 0.750. The molecule has 0 radical (unpaired) electrons. The van der Waals surface area contributed by atoms with Crippen molar-refractivity contribution in [2.24, 2.45) is 27.9 Å². The van der Waals surface area contributed by atoms with E-state index >= 15 is 0 Å². The molecule has 17 heteroatoms. The lowest BCUT2D eigenvalue weighted by molar-refractivity contribution is -0.154. The van der Waals surface area contributed by atoms with Gasteiger partial charge in [0.1, 0.15) is 18.1 Å². The number of amides is 5. The van der Waals surface area contributed by atoms with E-state index in [0.29, 0.717) is 64.3 Å². The van der Waals surface area contributed by atoms with Gasteiger partial charge in [-0.2, -0.15) is 0 Å². The summed E-state index contributed by atoms with van der Waals surface area (Å²) in [6.45, 7) is 16.6. The molecule has 300 valence electrons. The average Bonchev–Trinajstić information content (AvgIpc) is 3.94. The zero-order valence-electron chi connectivity index (χ0n) is 32.8. The monoisotopic (exact) mass is 751 g/mol. The van der Waals surface area contributed by atoms with Crippen LogP contribution in [-0.2, 0) is 43.2 Å². The van der Waals surface area contributed by atoms with Crippen LogP contribution in [0, 0.1) is 16.2 Å². The summed E-state index contributed by atoms with van der Waals surface area (Å²) in [5, 5.41) is 8.97. The Labute approximate surface area is 312 Å². The highest BCUT2D eigenvalue weighted by Crippen LogP contribution is 2.28. The van der Waals surface area contributed by atoms with Crippen molar-refractivity contribution in [2.75, 3.05) is 19.6 Å². The van der Waals surface area contributed by atoms with E-state index in [4.69, 9.17) is 5.11 Å². The highest BCUT2D eigenvalue weighted by atomic mass is 16.4. The number of carboxylic acid groups (broad SMARTS) is 1. The fourth-order valence-corrected chi connectivity index (χ4v) is 5.86. The molecule has 3 rings (SSSR count). The van der Waals surface area contributed by atoms with Gasteiger partial charge in [0.15, 0.2) is 0 Å². The van der Waals surface area contributed by atoms with E-state index in [2.05, 4.69) is 22.5 Å². The second kappa shape index (κ2) is 19.7. The van der Waals surface area contributed by atoms with Crippen molar-refractivity contribution in [1.82, 2.24) is 25.6 Å². The molecule has 3 aliphatic heterocycles. The average molecular weight is 752 g/mol. The summed E-state index contributed by atoms with van der Waals surface area (Å²) >= 11 is 0. The first-order valence-corrected chi connectivity index (χ1v) is 18.3. The SMILES string of the molecule is CCC(C)(C)C(=O)C(=O)N1CCCC1C(=O)NNC(=O)[C@@H]1CCCN1C(=O)C(=O)C(C)(C)CC.CCC(C)(C)C(=O)C(=O)N1CCC[C@H]1C(=O)O.NN. The Hall–Kier alpha value is -4.25. The third-order valence-corrected chi connectivity index (χ3v) is 10.8. The van der Waals surface area contributed by atoms with Crippen LogP contribution in [0.5, 0.6) is 0 Å². The van der Waals surface area contributed by atoms with Crippen molar-refractivity contribution >= 4 is 52.9 Å². The fourth-order valence-electron chi connectivity index (χ4n) is 5.86. The van der Waals surface area contributed by atoms with Crippen LogP contribution in [0.25, 0.3) is 0 Å². The quantitative estimate of drug-likeness (QED) is 0.106. The van der Waals surface area contributed by atoms with Gasteiger partial charge in [0, 0.05) is 35.9 Å². The summed E-state index contributed by atoms with van der Waals surface area (Å²) < 4.78 is 0. The maximum Gasteiger partial charge on any atom is 0.326 e. The minimum absolute atomic E-state index is 0.288. The lowest BCUT2D eigenvalue weighted by atomic mass is 9.84. The van der Waals surface area contributed by atoms with Crippen molar-refractivity contribution in [3.63, 3.8) is 0 Å². The van der Waals surface area contributed by atoms with Crippen LogP contribution in [-0.4, -0.2) is 110 Å². The number of nitrogens with one attached hydrogen (secondary N) is 2. The number of ketones is 3. The topological polar surface area (TPSA) is 260 Å². The zero-order valence-corrected chi connectivity index (χ0v) is 32.8. The summed E-state index contributed by atoms with van der Waals surface area (Å²) in [4.78, 5) is 115. The Balaban J connectivity index is 0.000000618. The van der Waals surface area contributed by atoms with Crippen LogP contribution < -0.4 is 22.5 Å². The second-order valence-electron chi connectivity index (χ2n) is 15.5. The molecule has 17 nitrogen and oxygen atoms in total. The predicted octanol–water partition coefficient (Wildman–Crippen LogP) is 1.01. The molecule has 5 amide bonds. The van der Waals surface area contributed by atoms with Gasteiger partial charge in [0.25, 0.3) is 29.5 Å². The molecule has 0 bridgehead atoms. The smallest absolute Gasteiger partial charge is 0.326 e. The molecule has 0 aliphatic carbocycles. The molecule has 3 fully saturated rings. The summed E-state index contributed by atoms with van der Waals surface area (Å²) in [5.74, 6) is 2.16. The van der Waals surface area contributed by atoms with Gasteiger partial charge in [0.2, 0.25) is 17.3 Å². The molecule has 3 saturated heterocycles. The first-order valence-electron chi connectivity index (χ1n) is 18.3. The number of rotatable bonds is 12. The van der Waals surface area contributed by atoms with Gasteiger partial charge < -0.3 is 19.8 Å². The Bertz CT molecular complexity index is 1340. The number of Topliss-reactive ketones (excluding diaryl/α,β-unsaturated/α-hetero) is 3. The largest absolute Gasteiger partial charge is 0.480 e. The number of hydrogen-bond acceptors (Lipinski definition) is 11. The van der Waals surface area contributed by atoms with E-state index in [1.165, 1.54) is 14.7 Å². The molecule has 3 atom stereocenters. The molecule has 0 aromatic rings. The number of nitrogens with zero attached hydrogens (tertiary/aromatic N) is 3. The summed E-state index contributed by atoms with van der Waals surface area (Å²) in [6, 6.07) is -2.56. The van der Waals surface area contributed by atoms with Crippen molar-refractivity contribution < 1.29 is 48.3 Å². The number of likely N-dealkylation sites (tertiary alicyclic amines) is 3.